The average molecular weight is 495 g/mol. The first-order valence-electron chi connectivity index (χ1n) is 11.4. The van der Waals surface area contributed by atoms with Gasteiger partial charge in [0, 0.05) is 44.0 Å². The Morgan fingerprint density at radius 1 is 1.15 bits per heavy atom. The van der Waals surface area contributed by atoms with Crippen molar-refractivity contribution in [3.63, 3.8) is 0 Å². The fourth-order valence-electron chi connectivity index (χ4n) is 4.91. The number of likely N-dealkylation sites (tertiary alicyclic amines) is 1. The van der Waals surface area contributed by atoms with Gasteiger partial charge in [-0.2, -0.15) is 4.31 Å². The highest BCUT2D eigenvalue weighted by atomic mass is 32.2. The number of nitrogens with zero attached hydrogens (tertiary/aromatic N) is 3. The van der Waals surface area contributed by atoms with Crippen molar-refractivity contribution in [3.8, 4) is 0 Å². The van der Waals surface area contributed by atoms with Gasteiger partial charge in [0.1, 0.15) is 5.82 Å². The SMILES string of the molecule is CC1CC(C)CN(Cc2csc(NC(=O)C3CCN(S(=O)(=O)c4ccc(F)cc4)CC3)n2)C1. The minimum Gasteiger partial charge on any atom is -0.302 e. The van der Waals surface area contributed by atoms with E-state index in [1.54, 1.807) is 0 Å². The maximum Gasteiger partial charge on any atom is 0.243 e. The molecule has 2 aliphatic heterocycles. The molecule has 2 aromatic rings. The van der Waals surface area contributed by atoms with E-state index in [9.17, 15) is 17.6 Å². The van der Waals surface area contributed by atoms with E-state index in [2.05, 4.69) is 29.0 Å². The van der Waals surface area contributed by atoms with E-state index in [4.69, 9.17) is 0 Å². The summed E-state index contributed by atoms with van der Waals surface area (Å²) in [6.07, 6.45) is 2.14. The molecule has 1 N–H and O–H groups in total. The van der Waals surface area contributed by atoms with Crippen LogP contribution in [0.5, 0.6) is 0 Å². The van der Waals surface area contributed by atoms with Crippen LogP contribution in [-0.4, -0.2) is 54.7 Å². The Kier molecular flexibility index (Phi) is 7.47. The minimum atomic E-state index is -3.69. The van der Waals surface area contributed by atoms with E-state index in [0.717, 1.165) is 37.5 Å². The van der Waals surface area contributed by atoms with Crippen LogP contribution < -0.4 is 5.32 Å². The molecule has 0 spiro atoms. The smallest absolute Gasteiger partial charge is 0.243 e. The fourth-order valence-corrected chi connectivity index (χ4v) is 7.08. The molecule has 2 unspecified atom stereocenters. The topological polar surface area (TPSA) is 82.6 Å². The maximum absolute atomic E-state index is 13.1. The average Bonchev–Trinajstić information content (AvgIpc) is 3.20. The molecule has 2 saturated heterocycles. The van der Waals surface area contributed by atoms with Crippen molar-refractivity contribution in [1.82, 2.24) is 14.2 Å². The number of anilines is 1. The Labute approximate surface area is 199 Å². The number of halogens is 1. The molecular formula is C23H31FN4O3S2. The zero-order chi connectivity index (χ0) is 23.6. The number of rotatable bonds is 6. The first-order valence-corrected chi connectivity index (χ1v) is 13.8. The second-order valence-corrected chi connectivity index (χ2v) is 12.2. The number of nitrogens with one attached hydrogen (secondary N) is 1. The van der Waals surface area contributed by atoms with Crippen LogP contribution in [0.2, 0.25) is 0 Å². The third-order valence-corrected chi connectivity index (χ3v) is 9.11. The maximum atomic E-state index is 13.1. The van der Waals surface area contributed by atoms with Crippen LogP contribution in [-0.2, 0) is 21.4 Å². The molecule has 0 aliphatic carbocycles. The quantitative estimate of drug-likeness (QED) is 0.661. The molecule has 7 nitrogen and oxygen atoms in total. The summed E-state index contributed by atoms with van der Waals surface area (Å²) in [4.78, 5) is 19.8. The molecule has 3 heterocycles. The van der Waals surface area contributed by atoms with Crippen molar-refractivity contribution >= 4 is 32.4 Å². The molecule has 1 aromatic heterocycles. The normalized spacial score (nSPS) is 23.5. The number of aromatic nitrogens is 1. The van der Waals surface area contributed by atoms with Crippen LogP contribution in [0.25, 0.3) is 0 Å². The molecule has 1 amide bonds. The van der Waals surface area contributed by atoms with Crippen LogP contribution in [0.1, 0.15) is 38.8 Å². The summed E-state index contributed by atoms with van der Waals surface area (Å²) in [6, 6.07) is 4.83. The Hall–Kier alpha value is -1.88. The van der Waals surface area contributed by atoms with Crippen molar-refractivity contribution < 1.29 is 17.6 Å². The standard InChI is InChI=1S/C23H31FN4O3S2/c1-16-11-17(2)13-27(12-16)14-20-15-32-23(25-20)26-22(29)18-7-9-28(10-8-18)33(30,31)21-5-3-19(24)4-6-21/h3-6,15-18H,7-14H2,1-2H3,(H,25,26,29). The molecule has 0 bridgehead atoms. The molecule has 0 saturated carbocycles. The third-order valence-electron chi connectivity index (χ3n) is 6.39. The van der Waals surface area contributed by atoms with E-state index in [-0.39, 0.29) is 29.8 Å². The summed E-state index contributed by atoms with van der Waals surface area (Å²) < 4.78 is 40.0. The lowest BCUT2D eigenvalue weighted by Crippen LogP contribution is -2.41. The van der Waals surface area contributed by atoms with Gasteiger partial charge in [-0.1, -0.05) is 13.8 Å². The van der Waals surface area contributed by atoms with Gasteiger partial charge in [-0.05, 0) is 55.4 Å². The van der Waals surface area contributed by atoms with Gasteiger partial charge in [-0.3, -0.25) is 9.69 Å². The predicted molar refractivity (Wildman–Crippen MR) is 127 cm³/mol. The number of thiazole rings is 1. The molecule has 0 radical (unpaired) electrons. The summed E-state index contributed by atoms with van der Waals surface area (Å²) in [5, 5.41) is 5.51. The van der Waals surface area contributed by atoms with Crippen LogP contribution in [0.3, 0.4) is 0 Å². The predicted octanol–water partition coefficient (Wildman–Crippen LogP) is 3.80. The molecule has 2 aliphatic rings. The van der Waals surface area contributed by atoms with E-state index in [1.807, 2.05) is 5.38 Å². The number of benzene rings is 1. The first-order chi connectivity index (χ1) is 15.7. The van der Waals surface area contributed by atoms with Crippen LogP contribution >= 0.6 is 11.3 Å². The largest absolute Gasteiger partial charge is 0.302 e. The molecule has 4 rings (SSSR count). The summed E-state index contributed by atoms with van der Waals surface area (Å²) in [5.74, 6) is 0.513. The van der Waals surface area contributed by atoms with Crippen LogP contribution in [0.4, 0.5) is 9.52 Å². The zero-order valence-electron chi connectivity index (χ0n) is 19.0. The molecule has 2 atom stereocenters. The van der Waals surface area contributed by atoms with E-state index < -0.39 is 15.8 Å². The van der Waals surface area contributed by atoms with Gasteiger partial charge in [0.2, 0.25) is 15.9 Å². The van der Waals surface area contributed by atoms with Crippen molar-refractivity contribution in [1.29, 1.82) is 0 Å². The summed E-state index contributed by atoms with van der Waals surface area (Å²) in [7, 11) is -3.69. The second kappa shape index (κ2) is 10.2. The Morgan fingerprint density at radius 2 is 1.79 bits per heavy atom. The van der Waals surface area contributed by atoms with Gasteiger partial charge >= 0.3 is 0 Å². The number of amides is 1. The van der Waals surface area contributed by atoms with Gasteiger partial charge in [0.25, 0.3) is 0 Å². The molecule has 33 heavy (non-hydrogen) atoms. The zero-order valence-corrected chi connectivity index (χ0v) is 20.7. The third kappa shape index (κ3) is 5.98. The number of carbonyl (C=O) groups is 1. The highest BCUT2D eigenvalue weighted by molar-refractivity contribution is 7.89. The number of sulfonamides is 1. The summed E-state index contributed by atoms with van der Waals surface area (Å²) in [6.45, 7) is 8.02. The highest BCUT2D eigenvalue weighted by Gasteiger charge is 2.32. The van der Waals surface area contributed by atoms with E-state index in [1.165, 1.54) is 34.2 Å². The number of hydrogen-bond acceptors (Lipinski definition) is 6. The van der Waals surface area contributed by atoms with E-state index >= 15 is 0 Å². The summed E-state index contributed by atoms with van der Waals surface area (Å²) in [5.41, 5.74) is 0.969. The minimum absolute atomic E-state index is 0.0691. The van der Waals surface area contributed by atoms with Crippen molar-refractivity contribution in [2.45, 2.75) is 44.6 Å². The monoisotopic (exact) mass is 494 g/mol. The first kappa shape index (κ1) is 24.3. The van der Waals surface area contributed by atoms with Gasteiger partial charge in [-0.25, -0.2) is 17.8 Å². The number of carbonyl (C=O) groups excluding carboxylic acids is 1. The van der Waals surface area contributed by atoms with Gasteiger partial charge in [0.15, 0.2) is 5.13 Å². The van der Waals surface area contributed by atoms with Crippen LogP contribution in [0, 0.1) is 23.6 Å². The molecule has 1 aromatic carbocycles. The lowest BCUT2D eigenvalue weighted by molar-refractivity contribution is -0.120. The fraction of sp³-hybridized carbons (Fsp3) is 0.565. The van der Waals surface area contributed by atoms with Crippen LogP contribution in [0.15, 0.2) is 34.5 Å². The Morgan fingerprint density at radius 3 is 2.42 bits per heavy atom. The Balaban J connectivity index is 1.28. The van der Waals surface area contributed by atoms with Gasteiger partial charge < -0.3 is 5.32 Å². The van der Waals surface area contributed by atoms with Gasteiger partial charge in [0.05, 0.1) is 10.6 Å². The molecule has 2 fully saturated rings. The van der Waals surface area contributed by atoms with Crippen molar-refractivity contribution in [3.05, 3.63) is 41.2 Å². The summed E-state index contributed by atoms with van der Waals surface area (Å²) >= 11 is 1.43. The molecule has 10 heteroatoms. The number of hydrogen-bond donors (Lipinski definition) is 1. The number of piperidine rings is 2. The second-order valence-electron chi connectivity index (χ2n) is 9.41. The highest BCUT2D eigenvalue weighted by Crippen LogP contribution is 2.27. The molecule has 180 valence electrons. The van der Waals surface area contributed by atoms with Crippen molar-refractivity contribution in [2.24, 2.45) is 17.8 Å². The lowest BCUT2D eigenvalue weighted by atomic mass is 9.92. The van der Waals surface area contributed by atoms with E-state index in [0.29, 0.717) is 29.8 Å². The molecular weight excluding hydrogens is 463 g/mol. The van der Waals surface area contributed by atoms with Gasteiger partial charge in [-0.15, -0.1) is 11.3 Å². The lowest BCUT2D eigenvalue weighted by Gasteiger charge is -2.34. The Bertz CT molecular complexity index is 1060. The van der Waals surface area contributed by atoms with Crippen molar-refractivity contribution in [2.75, 3.05) is 31.5 Å².